The van der Waals surface area contributed by atoms with Crippen LogP contribution in [-0.2, 0) is 9.53 Å². The minimum atomic E-state index is -0.655. The number of carbonyl (C=O) groups excluding carboxylic acids is 1. The van der Waals surface area contributed by atoms with Gasteiger partial charge in [0.15, 0.2) is 0 Å². The predicted octanol–water partition coefficient (Wildman–Crippen LogP) is 1.95. The molecule has 0 bridgehead atoms. The van der Waals surface area contributed by atoms with Gasteiger partial charge < -0.3 is 15.2 Å². The van der Waals surface area contributed by atoms with Gasteiger partial charge in [0.2, 0.25) is 5.91 Å². The van der Waals surface area contributed by atoms with Crippen molar-refractivity contribution in [3.8, 4) is 0 Å². The average Bonchev–Trinajstić information content (AvgIpc) is 2.39. The molecule has 0 aliphatic carbocycles. The van der Waals surface area contributed by atoms with Crippen LogP contribution in [0, 0.1) is 0 Å². The number of amides is 1. The summed E-state index contributed by atoms with van der Waals surface area (Å²) in [5.74, 6) is 0.616. The van der Waals surface area contributed by atoms with Gasteiger partial charge in [-0.1, -0.05) is 11.6 Å². The number of rotatable bonds is 8. The van der Waals surface area contributed by atoms with Crippen LogP contribution in [0.2, 0.25) is 5.02 Å². The van der Waals surface area contributed by atoms with Crippen LogP contribution in [0.4, 0.5) is 0 Å². The van der Waals surface area contributed by atoms with E-state index in [1.165, 1.54) is 7.11 Å². The second kappa shape index (κ2) is 9.20. The molecule has 4 nitrogen and oxygen atoms in total. The van der Waals surface area contributed by atoms with Crippen molar-refractivity contribution in [3.05, 3.63) is 29.3 Å². The fourth-order valence-corrected chi connectivity index (χ4v) is 2.34. The van der Waals surface area contributed by atoms with E-state index in [0.29, 0.717) is 17.2 Å². The van der Waals surface area contributed by atoms with Crippen molar-refractivity contribution in [2.45, 2.75) is 17.4 Å². The lowest BCUT2D eigenvalue weighted by molar-refractivity contribution is -0.121. The number of nitrogens with one attached hydrogen (secondary N) is 1. The van der Waals surface area contributed by atoms with Crippen LogP contribution in [-0.4, -0.2) is 43.1 Å². The monoisotopic (exact) mass is 303 g/mol. The largest absolute Gasteiger partial charge is 0.389 e. The maximum atomic E-state index is 11.5. The van der Waals surface area contributed by atoms with Crippen LogP contribution in [0.3, 0.4) is 0 Å². The maximum absolute atomic E-state index is 11.5. The maximum Gasteiger partial charge on any atom is 0.220 e. The fourth-order valence-electron chi connectivity index (χ4n) is 1.36. The van der Waals surface area contributed by atoms with Crippen molar-refractivity contribution in [2.24, 2.45) is 0 Å². The van der Waals surface area contributed by atoms with E-state index >= 15 is 0 Å². The van der Waals surface area contributed by atoms with Crippen molar-refractivity contribution in [1.29, 1.82) is 0 Å². The number of aliphatic hydroxyl groups is 1. The van der Waals surface area contributed by atoms with E-state index in [0.717, 1.165) is 4.90 Å². The molecule has 0 saturated heterocycles. The number of hydrogen-bond acceptors (Lipinski definition) is 4. The summed E-state index contributed by atoms with van der Waals surface area (Å²) in [6, 6.07) is 7.50. The number of halogens is 1. The highest BCUT2D eigenvalue weighted by molar-refractivity contribution is 7.99. The lowest BCUT2D eigenvalue weighted by Crippen LogP contribution is -2.34. The summed E-state index contributed by atoms with van der Waals surface area (Å²) < 4.78 is 4.77. The minimum Gasteiger partial charge on any atom is -0.389 e. The molecule has 1 aromatic rings. The van der Waals surface area contributed by atoms with Gasteiger partial charge in [0.25, 0.3) is 0 Å². The standard InChI is InChI=1S/C13H18ClNO3S/c1-18-9-11(16)8-15-13(17)6-7-19-12-4-2-10(14)3-5-12/h2-5,11,16H,6-9H2,1H3,(H,15,17). The first kappa shape index (κ1) is 16.3. The Kier molecular flexibility index (Phi) is 7.90. The van der Waals surface area contributed by atoms with Crippen molar-refractivity contribution >= 4 is 29.3 Å². The summed E-state index contributed by atoms with van der Waals surface area (Å²) >= 11 is 7.38. The number of aliphatic hydroxyl groups excluding tert-OH is 1. The lowest BCUT2D eigenvalue weighted by Gasteiger charge is -2.10. The molecule has 1 rings (SSSR count). The molecule has 0 aliphatic heterocycles. The summed E-state index contributed by atoms with van der Waals surface area (Å²) in [5.41, 5.74) is 0. The third-order valence-corrected chi connectivity index (χ3v) is 3.57. The van der Waals surface area contributed by atoms with Crippen molar-refractivity contribution < 1.29 is 14.6 Å². The summed E-state index contributed by atoms with van der Waals surface area (Å²) in [7, 11) is 1.51. The molecule has 1 unspecified atom stereocenters. The SMILES string of the molecule is COCC(O)CNC(=O)CCSc1ccc(Cl)cc1. The summed E-state index contributed by atoms with van der Waals surface area (Å²) in [6.07, 6.45) is -0.245. The molecule has 0 saturated carbocycles. The highest BCUT2D eigenvalue weighted by Crippen LogP contribution is 2.20. The first-order chi connectivity index (χ1) is 9.11. The van der Waals surface area contributed by atoms with Gasteiger partial charge in [-0.05, 0) is 24.3 Å². The molecule has 0 spiro atoms. The second-order valence-corrected chi connectivity index (χ2v) is 5.57. The molecule has 106 valence electrons. The first-order valence-electron chi connectivity index (χ1n) is 5.94. The van der Waals surface area contributed by atoms with Crippen LogP contribution in [0.1, 0.15) is 6.42 Å². The molecule has 6 heteroatoms. The number of hydrogen-bond donors (Lipinski definition) is 2. The van der Waals surface area contributed by atoms with E-state index in [1.54, 1.807) is 11.8 Å². The van der Waals surface area contributed by atoms with Gasteiger partial charge in [-0.2, -0.15) is 0 Å². The highest BCUT2D eigenvalue weighted by Gasteiger charge is 2.06. The number of thioether (sulfide) groups is 1. The van der Waals surface area contributed by atoms with Gasteiger partial charge in [0.05, 0.1) is 12.7 Å². The molecule has 0 fully saturated rings. The Hall–Kier alpha value is -0.750. The third-order valence-electron chi connectivity index (χ3n) is 2.31. The molecule has 0 aromatic heterocycles. The molecule has 0 aliphatic rings. The summed E-state index contributed by atoms with van der Waals surface area (Å²) in [5, 5.41) is 12.7. The molecule has 2 N–H and O–H groups in total. The Morgan fingerprint density at radius 3 is 2.79 bits per heavy atom. The first-order valence-corrected chi connectivity index (χ1v) is 7.30. The second-order valence-electron chi connectivity index (χ2n) is 3.97. The van der Waals surface area contributed by atoms with Gasteiger partial charge in [0.1, 0.15) is 0 Å². The molecule has 1 atom stereocenters. The van der Waals surface area contributed by atoms with E-state index in [-0.39, 0.29) is 19.1 Å². The quantitative estimate of drug-likeness (QED) is 0.721. The van der Waals surface area contributed by atoms with E-state index in [1.807, 2.05) is 24.3 Å². The van der Waals surface area contributed by atoms with Crippen LogP contribution in [0.5, 0.6) is 0 Å². The van der Waals surface area contributed by atoms with Crippen LogP contribution < -0.4 is 5.32 Å². The van der Waals surface area contributed by atoms with Gasteiger partial charge in [-0.25, -0.2) is 0 Å². The molecule has 19 heavy (non-hydrogen) atoms. The number of ether oxygens (including phenoxy) is 1. The van der Waals surface area contributed by atoms with Gasteiger partial charge in [0, 0.05) is 35.7 Å². The van der Waals surface area contributed by atoms with Crippen molar-refractivity contribution in [3.63, 3.8) is 0 Å². The predicted molar refractivity (Wildman–Crippen MR) is 77.7 cm³/mol. The highest BCUT2D eigenvalue weighted by atomic mass is 35.5. The van der Waals surface area contributed by atoms with Crippen LogP contribution in [0.25, 0.3) is 0 Å². The minimum absolute atomic E-state index is 0.0726. The molecule has 0 radical (unpaired) electrons. The van der Waals surface area contributed by atoms with E-state index in [9.17, 15) is 9.90 Å². The molecular formula is C13H18ClNO3S. The normalized spacial score (nSPS) is 12.2. The number of carbonyl (C=O) groups is 1. The summed E-state index contributed by atoms with van der Waals surface area (Å²) in [4.78, 5) is 12.6. The number of benzene rings is 1. The Labute approximate surface area is 122 Å². The van der Waals surface area contributed by atoms with Crippen LogP contribution in [0.15, 0.2) is 29.2 Å². The molecular weight excluding hydrogens is 286 g/mol. The fraction of sp³-hybridized carbons (Fsp3) is 0.462. The van der Waals surface area contributed by atoms with Crippen LogP contribution >= 0.6 is 23.4 Å². The Morgan fingerprint density at radius 2 is 2.16 bits per heavy atom. The lowest BCUT2D eigenvalue weighted by atomic mass is 10.3. The summed E-state index contributed by atoms with van der Waals surface area (Å²) in [6.45, 7) is 0.443. The smallest absolute Gasteiger partial charge is 0.220 e. The Bertz CT molecular complexity index is 386. The zero-order valence-corrected chi connectivity index (χ0v) is 12.3. The Balaban J connectivity index is 2.15. The molecule has 0 heterocycles. The Morgan fingerprint density at radius 1 is 1.47 bits per heavy atom. The zero-order chi connectivity index (χ0) is 14.1. The zero-order valence-electron chi connectivity index (χ0n) is 10.8. The van der Waals surface area contributed by atoms with E-state index in [2.05, 4.69) is 5.32 Å². The van der Waals surface area contributed by atoms with E-state index in [4.69, 9.17) is 16.3 Å². The van der Waals surface area contributed by atoms with Gasteiger partial charge in [-0.15, -0.1) is 11.8 Å². The topological polar surface area (TPSA) is 58.6 Å². The molecule has 1 amide bonds. The average molecular weight is 304 g/mol. The van der Waals surface area contributed by atoms with E-state index < -0.39 is 6.10 Å². The number of methoxy groups -OCH3 is 1. The van der Waals surface area contributed by atoms with Crippen molar-refractivity contribution in [2.75, 3.05) is 26.0 Å². The van der Waals surface area contributed by atoms with Gasteiger partial charge >= 0.3 is 0 Å². The van der Waals surface area contributed by atoms with Gasteiger partial charge in [-0.3, -0.25) is 4.79 Å². The van der Waals surface area contributed by atoms with Crippen molar-refractivity contribution in [1.82, 2.24) is 5.32 Å². The molecule has 1 aromatic carbocycles. The third kappa shape index (κ3) is 7.42.